The van der Waals surface area contributed by atoms with Gasteiger partial charge in [-0.3, -0.25) is 0 Å². The van der Waals surface area contributed by atoms with Crippen LogP contribution in [0.3, 0.4) is 0 Å². The van der Waals surface area contributed by atoms with Crippen LogP contribution in [0.2, 0.25) is 0 Å². The summed E-state index contributed by atoms with van der Waals surface area (Å²) in [5.74, 6) is 0.830. The molecule has 0 N–H and O–H groups in total. The molecule has 106 valence electrons. The molecule has 21 heavy (non-hydrogen) atoms. The van der Waals surface area contributed by atoms with E-state index in [9.17, 15) is 0 Å². The lowest BCUT2D eigenvalue weighted by molar-refractivity contribution is 0.414. The summed E-state index contributed by atoms with van der Waals surface area (Å²) < 4.78 is 7.14. The zero-order chi connectivity index (χ0) is 14.8. The van der Waals surface area contributed by atoms with Gasteiger partial charge >= 0.3 is 0 Å². The van der Waals surface area contributed by atoms with Crippen LogP contribution in [0.25, 0.3) is 16.8 Å². The van der Waals surface area contributed by atoms with E-state index < -0.39 is 0 Å². The van der Waals surface area contributed by atoms with Crippen LogP contribution in [0, 0.1) is 13.8 Å². The van der Waals surface area contributed by atoms with Crippen molar-refractivity contribution >= 4 is 0 Å². The molecule has 0 aliphatic carbocycles. The van der Waals surface area contributed by atoms with Gasteiger partial charge in [0, 0.05) is 17.8 Å². The van der Waals surface area contributed by atoms with Crippen molar-refractivity contribution in [1.29, 1.82) is 0 Å². The van der Waals surface area contributed by atoms with Crippen LogP contribution in [0.4, 0.5) is 0 Å². The Kier molecular flexibility index (Phi) is 3.48. The smallest absolute Gasteiger partial charge is 0.121 e. The number of methoxy groups -OCH3 is 1. The standard InChI is InChI=1S/C18H18N2O/c1-13-6-4-7-14(2)18(13)15-11-19-20(12-15)16-8-5-9-17(10-16)21-3/h4-12H,1-3H3. The van der Waals surface area contributed by atoms with Crippen molar-refractivity contribution in [2.45, 2.75) is 13.8 Å². The highest BCUT2D eigenvalue weighted by Gasteiger charge is 2.08. The summed E-state index contributed by atoms with van der Waals surface area (Å²) in [6, 6.07) is 14.2. The topological polar surface area (TPSA) is 27.1 Å². The molecule has 0 atom stereocenters. The van der Waals surface area contributed by atoms with Crippen LogP contribution in [-0.2, 0) is 0 Å². The first-order valence-electron chi connectivity index (χ1n) is 6.95. The molecule has 0 bridgehead atoms. The predicted molar refractivity (Wildman–Crippen MR) is 85.0 cm³/mol. The number of aryl methyl sites for hydroxylation is 2. The molecular formula is C18H18N2O. The molecule has 0 unspecified atom stereocenters. The molecule has 1 heterocycles. The van der Waals surface area contributed by atoms with Crippen LogP contribution >= 0.6 is 0 Å². The number of nitrogens with zero attached hydrogens (tertiary/aromatic N) is 2. The summed E-state index contributed by atoms with van der Waals surface area (Å²) in [5.41, 5.74) is 5.91. The number of rotatable bonds is 3. The Balaban J connectivity index is 2.04. The molecule has 0 radical (unpaired) electrons. The Morgan fingerprint density at radius 2 is 1.71 bits per heavy atom. The van der Waals surface area contributed by atoms with Gasteiger partial charge in [0.25, 0.3) is 0 Å². The van der Waals surface area contributed by atoms with Gasteiger partial charge in [0.2, 0.25) is 0 Å². The number of hydrogen-bond acceptors (Lipinski definition) is 2. The molecule has 3 rings (SSSR count). The molecule has 3 nitrogen and oxygen atoms in total. The van der Waals surface area contributed by atoms with Crippen LogP contribution < -0.4 is 4.74 Å². The SMILES string of the molecule is COc1cccc(-n2cc(-c3c(C)cccc3C)cn2)c1. The van der Waals surface area contributed by atoms with E-state index in [1.54, 1.807) is 7.11 Å². The molecular weight excluding hydrogens is 260 g/mol. The molecule has 3 heteroatoms. The molecule has 0 fully saturated rings. The highest BCUT2D eigenvalue weighted by molar-refractivity contribution is 5.69. The molecule has 2 aromatic carbocycles. The summed E-state index contributed by atoms with van der Waals surface area (Å²) in [6.45, 7) is 4.26. The van der Waals surface area contributed by atoms with Gasteiger partial charge in [0.15, 0.2) is 0 Å². The van der Waals surface area contributed by atoms with Gasteiger partial charge in [-0.25, -0.2) is 4.68 Å². The number of benzene rings is 2. The fourth-order valence-electron chi connectivity index (χ4n) is 2.62. The Labute approximate surface area is 124 Å². The van der Waals surface area contributed by atoms with Crippen LogP contribution in [0.1, 0.15) is 11.1 Å². The fraction of sp³-hybridized carbons (Fsp3) is 0.167. The van der Waals surface area contributed by atoms with E-state index in [2.05, 4.69) is 43.3 Å². The second kappa shape index (κ2) is 5.44. The minimum absolute atomic E-state index is 0.830. The van der Waals surface area contributed by atoms with E-state index in [1.807, 2.05) is 35.1 Å². The molecule has 0 saturated carbocycles. The first-order chi connectivity index (χ1) is 10.2. The van der Waals surface area contributed by atoms with E-state index in [-0.39, 0.29) is 0 Å². The maximum Gasteiger partial charge on any atom is 0.121 e. The third-order valence-electron chi connectivity index (χ3n) is 3.67. The zero-order valence-corrected chi connectivity index (χ0v) is 12.5. The van der Waals surface area contributed by atoms with Crippen molar-refractivity contribution in [3.63, 3.8) is 0 Å². The summed E-state index contributed by atoms with van der Waals surface area (Å²) in [4.78, 5) is 0. The normalized spacial score (nSPS) is 10.6. The minimum Gasteiger partial charge on any atom is -0.497 e. The Morgan fingerprint density at radius 3 is 2.43 bits per heavy atom. The number of ether oxygens (including phenoxy) is 1. The van der Waals surface area contributed by atoms with Crippen molar-refractivity contribution in [1.82, 2.24) is 9.78 Å². The average Bonchev–Trinajstić information content (AvgIpc) is 2.97. The average molecular weight is 278 g/mol. The third kappa shape index (κ3) is 2.55. The van der Waals surface area contributed by atoms with Crippen molar-refractivity contribution < 1.29 is 4.74 Å². The van der Waals surface area contributed by atoms with Gasteiger partial charge in [-0.1, -0.05) is 24.3 Å². The highest BCUT2D eigenvalue weighted by atomic mass is 16.5. The molecule has 1 aromatic heterocycles. The number of aromatic nitrogens is 2. The molecule has 0 saturated heterocycles. The van der Waals surface area contributed by atoms with Gasteiger partial charge in [-0.05, 0) is 42.7 Å². The van der Waals surface area contributed by atoms with Crippen molar-refractivity contribution in [2.75, 3.05) is 7.11 Å². The Hall–Kier alpha value is -2.55. The first-order valence-corrected chi connectivity index (χ1v) is 6.95. The summed E-state index contributed by atoms with van der Waals surface area (Å²) >= 11 is 0. The maximum absolute atomic E-state index is 5.26. The van der Waals surface area contributed by atoms with Crippen LogP contribution in [-0.4, -0.2) is 16.9 Å². The van der Waals surface area contributed by atoms with E-state index in [1.165, 1.54) is 16.7 Å². The van der Waals surface area contributed by atoms with E-state index in [4.69, 9.17) is 4.74 Å². The van der Waals surface area contributed by atoms with Crippen molar-refractivity contribution in [3.8, 4) is 22.6 Å². The second-order valence-corrected chi connectivity index (χ2v) is 5.14. The van der Waals surface area contributed by atoms with E-state index in [0.717, 1.165) is 17.0 Å². The van der Waals surface area contributed by atoms with Gasteiger partial charge in [-0.2, -0.15) is 5.10 Å². The van der Waals surface area contributed by atoms with Crippen LogP contribution in [0.5, 0.6) is 5.75 Å². The second-order valence-electron chi connectivity index (χ2n) is 5.14. The van der Waals surface area contributed by atoms with Gasteiger partial charge in [0.1, 0.15) is 5.75 Å². The predicted octanol–water partition coefficient (Wildman–Crippen LogP) is 4.16. The molecule has 3 aromatic rings. The van der Waals surface area contributed by atoms with Crippen LogP contribution in [0.15, 0.2) is 54.9 Å². The summed E-state index contributed by atoms with van der Waals surface area (Å²) in [6.07, 6.45) is 3.97. The lowest BCUT2D eigenvalue weighted by Crippen LogP contribution is -1.94. The Morgan fingerprint density at radius 1 is 1.00 bits per heavy atom. The van der Waals surface area contributed by atoms with Gasteiger partial charge in [0.05, 0.1) is 19.0 Å². The fourth-order valence-corrected chi connectivity index (χ4v) is 2.62. The summed E-state index contributed by atoms with van der Waals surface area (Å²) in [7, 11) is 1.67. The molecule has 0 aliphatic heterocycles. The zero-order valence-electron chi connectivity index (χ0n) is 12.5. The largest absolute Gasteiger partial charge is 0.497 e. The monoisotopic (exact) mass is 278 g/mol. The highest BCUT2D eigenvalue weighted by Crippen LogP contribution is 2.27. The van der Waals surface area contributed by atoms with Crippen molar-refractivity contribution in [2.24, 2.45) is 0 Å². The molecule has 0 aliphatic rings. The van der Waals surface area contributed by atoms with E-state index >= 15 is 0 Å². The summed E-state index contributed by atoms with van der Waals surface area (Å²) in [5, 5.41) is 4.48. The van der Waals surface area contributed by atoms with Gasteiger partial charge < -0.3 is 4.74 Å². The quantitative estimate of drug-likeness (QED) is 0.719. The van der Waals surface area contributed by atoms with Gasteiger partial charge in [-0.15, -0.1) is 0 Å². The van der Waals surface area contributed by atoms with E-state index in [0.29, 0.717) is 0 Å². The Bertz CT molecular complexity index is 754. The lowest BCUT2D eigenvalue weighted by Gasteiger charge is -2.07. The maximum atomic E-state index is 5.26. The third-order valence-corrected chi connectivity index (χ3v) is 3.67. The molecule has 0 amide bonds. The number of hydrogen-bond donors (Lipinski definition) is 0. The lowest BCUT2D eigenvalue weighted by atomic mass is 9.98. The molecule has 0 spiro atoms. The van der Waals surface area contributed by atoms with Crippen molar-refractivity contribution in [3.05, 3.63) is 66.0 Å². The minimum atomic E-state index is 0.830. The first kappa shape index (κ1) is 13.4.